The van der Waals surface area contributed by atoms with E-state index in [0.717, 1.165) is 0 Å². The van der Waals surface area contributed by atoms with Crippen LogP contribution >= 0.6 is 0 Å². The Labute approximate surface area is 149 Å². The highest BCUT2D eigenvalue weighted by atomic mass is 32.3. The maximum Gasteiger partial charge on any atom is 1.00 e. The van der Waals surface area contributed by atoms with Gasteiger partial charge in [0.05, 0.1) is 17.2 Å². The first-order chi connectivity index (χ1) is 12.3. The number of hydrogen-bond acceptors (Lipinski definition) is 11. The van der Waals surface area contributed by atoms with Gasteiger partial charge in [0.2, 0.25) is 10.4 Å². The molecule has 140 valence electrons. The number of aromatic amines is 1. The van der Waals surface area contributed by atoms with Crippen LogP contribution in [0.15, 0.2) is 34.8 Å². The first kappa shape index (κ1) is 19.4. The summed E-state index contributed by atoms with van der Waals surface area (Å²) in [6, 6.07) is 4.15. The Bertz CT molecular complexity index is 890. The smallest absolute Gasteiger partial charge is 0.726 e. The molecule has 0 aliphatic heterocycles. The summed E-state index contributed by atoms with van der Waals surface area (Å²) in [5.74, 6) is 0.142. The lowest BCUT2D eigenvalue weighted by Gasteiger charge is -2.23. The van der Waals surface area contributed by atoms with Gasteiger partial charge in [0, 0.05) is 19.2 Å². The number of rotatable bonds is 9. The Morgan fingerprint density at radius 2 is 2.19 bits per heavy atom. The Hall–Kier alpha value is -2.97. The number of azo groups is 1. The fraction of sp³-hybridized carbons (Fsp3) is 0.333. The molecule has 0 unspecified atom stereocenters. The van der Waals surface area contributed by atoms with Gasteiger partial charge in [0.25, 0.3) is 11.6 Å². The highest BCUT2D eigenvalue weighted by Gasteiger charge is 2.19. The zero-order valence-electron chi connectivity index (χ0n) is 14.5. The van der Waals surface area contributed by atoms with Crippen molar-refractivity contribution in [3.05, 3.63) is 34.6 Å². The van der Waals surface area contributed by atoms with E-state index in [1.807, 2.05) is 0 Å². The van der Waals surface area contributed by atoms with Gasteiger partial charge in [0.1, 0.15) is 12.0 Å². The summed E-state index contributed by atoms with van der Waals surface area (Å²) >= 11 is 0. The molecule has 0 saturated heterocycles. The summed E-state index contributed by atoms with van der Waals surface area (Å²) < 4.78 is 35.6. The largest absolute Gasteiger partial charge is 1.00 e. The van der Waals surface area contributed by atoms with Crippen molar-refractivity contribution in [1.29, 1.82) is 0 Å². The van der Waals surface area contributed by atoms with Gasteiger partial charge in [-0.25, -0.2) is 13.5 Å². The minimum Gasteiger partial charge on any atom is -0.726 e. The maximum atomic E-state index is 11.4. The van der Waals surface area contributed by atoms with Crippen molar-refractivity contribution in [3.8, 4) is 0 Å². The van der Waals surface area contributed by atoms with Gasteiger partial charge in [-0.05, 0) is 19.1 Å². The van der Waals surface area contributed by atoms with E-state index >= 15 is 0 Å². The molecule has 0 saturated carbocycles. The molecule has 0 spiro atoms. The second-order valence-electron chi connectivity index (χ2n) is 4.75. The Balaban J connectivity index is 0.00000364. The first-order valence-corrected chi connectivity index (χ1v) is 8.54. The predicted molar refractivity (Wildman–Crippen MR) is 88.3 cm³/mol. The van der Waals surface area contributed by atoms with Crippen LogP contribution in [0.4, 0.5) is 23.0 Å². The maximum absolute atomic E-state index is 11.4. The Morgan fingerprint density at radius 3 is 2.77 bits per heavy atom. The van der Waals surface area contributed by atoms with Crippen LogP contribution in [0.1, 0.15) is 8.35 Å². The van der Waals surface area contributed by atoms with E-state index in [9.17, 15) is 23.1 Å². The van der Waals surface area contributed by atoms with Crippen LogP contribution in [0.3, 0.4) is 0 Å². The van der Waals surface area contributed by atoms with Crippen LogP contribution in [-0.4, -0.2) is 52.8 Å². The van der Waals surface area contributed by atoms with Crippen LogP contribution < -0.4 is 4.90 Å². The lowest BCUT2D eigenvalue weighted by atomic mass is 10.2. The van der Waals surface area contributed by atoms with Crippen molar-refractivity contribution in [3.63, 3.8) is 0 Å². The van der Waals surface area contributed by atoms with E-state index < -0.39 is 21.9 Å². The third-order valence-corrected chi connectivity index (χ3v) is 3.58. The van der Waals surface area contributed by atoms with Gasteiger partial charge in [-0.1, -0.05) is 0 Å². The summed E-state index contributed by atoms with van der Waals surface area (Å²) in [4.78, 5) is 16.0. The van der Waals surface area contributed by atoms with Crippen molar-refractivity contribution in [2.24, 2.45) is 10.2 Å². The number of nitrogens with zero attached hydrogens (tertiary/aromatic N) is 6. The van der Waals surface area contributed by atoms with E-state index in [0.29, 0.717) is 6.54 Å². The molecule has 0 bridgehead atoms. The minimum atomic E-state index is -4.82. The second-order valence-corrected chi connectivity index (χ2v) is 5.80. The number of nitro groups is 1. The third-order valence-electron chi connectivity index (χ3n) is 3.13. The van der Waals surface area contributed by atoms with E-state index in [1.165, 1.54) is 29.4 Å². The predicted octanol–water partition coefficient (Wildman–Crippen LogP) is 1.54. The number of aromatic nitrogens is 3. The summed E-state index contributed by atoms with van der Waals surface area (Å²) in [5.41, 5.74) is 0.181. The van der Waals surface area contributed by atoms with Gasteiger partial charge in [-0.3, -0.25) is 14.3 Å². The molecule has 2 aromatic rings. The lowest BCUT2D eigenvalue weighted by molar-refractivity contribution is -0.384. The number of nitrogens with one attached hydrogen (secondary N) is 1. The average Bonchev–Trinajstić information content (AvgIpc) is 3.09. The second kappa shape index (κ2) is 8.41. The number of nitro benzene ring substituents is 1. The SMILES string of the molecule is CCN(CCOS(=O)(=O)[O-])c1ccc(N=Nc2ncn[nH]2)cc1[N+](=O)[O-].[H+]. The molecule has 26 heavy (non-hydrogen) atoms. The van der Waals surface area contributed by atoms with Crippen molar-refractivity contribution in [2.45, 2.75) is 6.92 Å². The number of H-pyrrole nitrogens is 1. The highest BCUT2D eigenvalue weighted by Crippen LogP contribution is 2.32. The van der Waals surface area contributed by atoms with Crippen LogP contribution in [-0.2, 0) is 14.6 Å². The van der Waals surface area contributed by atoms with Gasteiger partial charge in [-0.2, -0.15) is 10.1 Å². The molecule has 1 heterocycles. The van der Waals surface area contributed by atoms with Gasteiger partial charge in [0.15, 0.2) is 0 Å². The molecule has 0 fully saturated rings. The summed E-state index contributed by atoms with van der Waals surface area (Å²) in [7, 11) is -4.82. The molecule has 0 atom stereocenters. The van der Waals surface area contributed by atoms with Gasteiger partial charge < -0.3 is 9.45 Å². The van der Waals surface area contributed by atoms with Crippen molar-refractivity contribution >= 4 is 33.4 Å². The van der Waals surface area contributed by atoms with E-state index in [2.05, 4.69) is 29.6 Å². The molecule has 1 aromatic carbocycles. The van der Waals surface area contributed by atoms with Crippen LogP contribution in [0.25, 0.3) is 0 Å². The molecular formula is C12H15N7O6S. The molecule has 1 N–H and O–H groups in total. The third kappa shape index (κ3) is 5.54. The fourth-order valence-corrected chi connectivity index (χ4v) is 2.32. The van der Waals surface area contributed by atoms with E-state index in [-0.39, 0.29) is 31.0 Å². The van der Waals surface area contributed by atoms with Crippen LogP contribution in [0, 0.1) is 10.1 Å². The first-order valence-electron chi connectivity index (χ1n) is 7.21. The molecule has 0 radical (unpaired) electrons. The molecule has 1 aromatic heterocycles. The number of hydrogen-bond donors (Lipinski definition) is 1. The lowest BCUT2D eigenvalue weighted by Crippen LogP contribution is -2.28. The molecule has 0 amide bonds. The minimum absolute atomic E-state index is 0. The van der Waals surface area contributed by atoms with Crippen LogP contribution in [0.2, 0.25) is 0 Å². The standard InChI is InChI=1S/C12H15N7O6S/c1-2-18(5-6-25-26(22,23)24)10-4-3-9(7-11(10)19(20)21)15-17-12-13-8-14-16-12/h3-4,7-8H,2,5-6H2,1H3,(H,13,14,16)(H,22,23,24). The van der Waals surface area contributed by atoms with Gasteiger partial charge >= 0.3 is 1.43 Å². The Morgan fingerprint density at radius 1 is 1.42 bits per heavy atom. The van der Waals surface area contributed by atoms with Crippen molar-refractivity contribution in [2.75, 3.05) is 24.6 Å². The van der Waals surface area contributed by atoms with E-state index in [1.54, 1.807) is 6.92 Å². The number of benzene rings is 1. The summed E-state index contributed by atoms with van der Waals surface area (Å²) in [6.45, 7) is 1.58. The average molecular weight is 385 g/mol. The monoisotopic (exact) mass is 385 g/mol. The topological polar surface area (TPSA) is 179 Å². The quantitative estimate of drug-likeness (QED) is 0.220. The zero-order chi connectivity index (χ0) is 19.2. The molecule has 14 heteroatoms. The van der Waals surface area contributed by atoms with Crippen molar-refractivity contribution < 1.29 is 23.5 Å². The Kier molecular flexibility index (Phi) is 6.26. The molecule has 0 aliphatic rings. The number of likely N-dealkylation sites (N-methyl/N-ethyl adjacent to an activating group) is 1. The fourth-order valence-electron chi connectivity index (χ4n) is 2.04. The molecular weight excluding hydrogens is 370 g/mol. The number of anilines is 1. The van der Waals surface area contributed by atoms with Crippen LogP contribution in [0.5, 0.6) is 0 Å². The summed E-state index contributed by atoms with van der Waals surface area (Å²) in [6.07, 6.45) is 1.24. The normalized spacial score (nSPS) is 11.8. The molecule has 2 rings (SSSR count). The molecule has 0 aliphatic carbocycles. The van der Waals surface area contributed by atoms with E-state index in [4.69, 9.17) is 0 Å². The van der Waals surface area contributed by atoms with Crippen molar-refractivity contribution in [1.82, 2.24) is 15.2 Å². The highest BCUT2D eigenvalue weighted by molar-refractivity contribution is 7.80. The van der Waals surface area contributed by atoms with Gasteiger partial charge in [-0.15, -0.1) is 10.2 Å². The zero-order valence-corrected chi connectivity index (χ0v) is 14.3. The summed E-state index contributed by atoms with van der Waals surface area (Å²) in [5, 5.41) is 25.0. The molecule has 13 nitrogen and oxygen atoms in total.